The molecule has 0 unspecified atom stereocenters. The van der Waals surface area contributed by atoms with E-state index in [4.69, 9.17) is 14.9 Å². The van der Waals surface area contributed by atoms with E-state index in [1.165, 1.54) is 0 Å². The maximum atomic E-state index is 10.8. The number of carbonyl (C=O) groups is 1. The molecule has 2 aromatic rings. The van der Waals surface area contributed by atoms with Crippen molar-refractivity contribution >= 4 is 5.97 Å². The zero-order chi connectivity index (χ0) is 14.4. The van der Waals surface area contributed by atoms with Crippen LogP contribution < -0.4 is 4.74 Å². The molecule has 0 saturated heterocycles. The molecule has 0 radical (unpaired) electrons. The minimum absolute atomic E-state index is 0.0165. The first-order valence-electron chi connectivity index (χ1n) is 6.30. The van der Waals surface area contributed by atoms with Crippen molar-refractivity contribution in [1.82, 2.24) is 0 Å². The molecule has 0 aliphatic carbocycles. The van der Waals surface area contributed by atoms with E-state index in [9.17, 15) is 4.79 Å². The summed E-state index contributed by atoms with van der Waals surface area (Å²) >= 11 is 0. The average Bonchev–Trinajstić information content (AvgIpc) is 2.46. The van der Waals surface area contributed by atoms with Gasteiger partial charge in [-0.25, -0.2) is 0 Å². The number of carboxylic acids is 1. The summed E-state index contributed by atoms with van der Waals surface area (Å²) in [5.41, 5.74) is 2.47. The Hall–Kier alpha value is -2.33. The van der Waals surface area contributed by atoms with Crippen LogP contribution in [0, 0.1) is 0 Å². The number of aliphatic hydroxyl groups is 1. The van der Waals surface area contributed by atoms with E-state index in [1.807, 2.05) is 30.3 Å². The molecule has 0 bridgehead atoms. The van der Waals surface area contributed by atoms with Gasteiger partial charge in [-0.15, -0.1) is 0 Å². The van der Waals surface area contributed by atoms with Gasteiger partial charge in [0.25, 0.3) is 0 Å². The smallest absolute Gasteiger partial charge is 0.307 e. The van der Waals surface area contributed by atoms with E-state index < -0.39 is 5.97 Å². The molecule has 0 amide bonds. The molecule has 0 fully saturated rings. The average molecular weight is 272 g/mol. The van der Waals surface area contributed by atoms with Gasteiger partial charge in [0.1, 0.15) is 12.4 Å². The van der Waals surface area contributed by atoms with Crippen molar-refractivity contribution < 1.29 is 19.7 Å². The summed E-state index contributed by atoms with van der Waals surface area (Å²) in [6.07, 6.45) is -0.0559. The van der Waals surface area contributed by atoms with Crippen LogP contribution in [0.25, 0.3) is 0 Å². The van der Waals surface area contributed by atoms with Crippen LogP contribution in [0.15, 0.2) is 48.5 Å². The summed E-state index contributed by atoms with van der Waals surface area (Å²) in [7, 11) is 0. The molecule has 0 atom stereocenters. The standard InChI is InChI=1S/C16H16O4/c17-10-12-5-7-13(8-6-12)11-20-15-4-2-1-3-14(15)9-16(18)19/h1-8,17H,9-11H2,(H,18,19). The molecule has 2 rings (SSSR count). The zero-order valence-corrected chi connectivity index (χ0v) is 11.0. The highest BCUT2D eigenvalue weighted by Crippen LogP contribution is 2.20. The molecule has 2 aromatic carbocycles. The van der Waals surface area contributed by atoms with E-state index in [0.717, 1.165) is 11.1 Å². The van der Waals surface area contributed by atoms with Gasteiger partial charge in [0, 0.05) is 5.56 Å². The molecule has 4 heteroatoms. The SMILES string of the molecule is O=C(O)Cc1ccccc1OCc1ccc(CO)cc1. The van der Waals surface area contributed by atoms with E-state index >= 15 is 0 Å². The normalized spacial score (nSPS) is 10.2. The number of ether oxygens (including phenoxy) is 1. The predicted octanol–water partition coefficient (Wildman–Crippen LogP) is 2.39. The minimum atomic E-state index is -0.881. The molecule has 0 aliphatic heterocycles. The minimum Gasteiger partial charge on any atom is -0.489 e. The zero-order valence-electron chi connectivity index (χ0n) is 11.0. The van der Waals surface area contributed by atoms with Gasteiger partial charge < -0.3 is 14.9 Å². The van der Waals surface area contributed by atoms with Gasteiger partial charge in [0.05, 0.1) is 13.0 Å². The second-order valence-electron chi connectivity index (χ2n) is 4.44. The Kier molecular flexibility index (Phi) is 4.74. The number of carboxylic acid groups (broad SMARTS) is 1. The fourth-order valence-corrected chi connectivity index (χ4v) is 1.86. The largest absolute Gasteiger partial charge is 0.489 e. The van der Waals surface area contributed by atoms with Gasteiger partial charge in [0.15, 0.2) is 0 Å². The topological polar surface area (TPSA) is 66.8 Å². The summed E-state index contributed by atoms with van der Waals surface area (Å²) in [4.78, 5) is 10.8. The number of para-hydroxylation sites is 1. The highest BCUT2D eigenvalue weighted by Gasteiger charge is 2.07. The Morgan fingerprint density at radius 2 is 1.65 bits per heavy atom. The van der Waals surface area contributed by atoms with Gasteiger partial charge in [-0.3, -0.25) is 4.79 Å². The van der Waals surface area contributed by atoms with Crippen LogP contribution >= 0.6 is 0 Å². The van der Waals surface area contributed by atoms with E-state index in [0.29, 0.717) is 17.9 Å². The molecule has 2 N–H and O–H groups in total. The maximum Gasteiger partial charge on any atom is 0.307 e. The lowest BCUT2D eigenvalue weighted by Crippen LogP contribution is -2.04. The van der Waals surface area contributed by atoms with Crippen LogP contribution in [-0.4, -0.2) is 16.2 Å². The number of hydrogen-bond acceptors (Lipinski definition) is 3. The molecular weight excluding hydrogens is 256 g/mol. The van der Waals surface area contributed by atoms with Crippen molar-refractivity contribution in [1.29, 1.82) is 0 Å². The molecule has 20 heavy (non-hydrogen) atoms. The van der Waals surface area contributed by atoms with Gasteiger partial charge in [0.2, 0.25) is 0 Å². The van der Waals surface area contributed by atoms with Crippen LogP contribution in [0.2, 0.25) is 0 Å². The van der Waals surface area contributed by atoms with Crippen LogP contribution in [-0.2, 0) is 24.4 Å². The first kappa shape index (κ1) is 14.1. The van der Waals surface area contributed by atoms with E-state index in [2.05, 4.69) is 0 Å². The molecule has 0 heterocycles. The summed E-state index contributed by atoms with van der Waals surface area (Å²) < 4.78 is 5.67. The first-order valence-corrected chi connectivity index (χ1v) is 6.30. The van der Waals surface area contributed by atoms with E-state index in [-0.39, 0.29) is 13.0 Å². The highest BCUT2D eigenvalue weighted by atomic mass is 16.5. The highest BCUT2D eigenvalue weighted by molar-refractivity contribution is 5.71. The van der Waals surface area contributed by atoms with Crippen molar-refractivity contribution in [2.45, 2.75) is 19.6 Å². The molecule has 4 nitrogen and oxygen atoms in total. The Balaban J connectivity index is 2.04. The predicted molar refractivity (Wildman–Crippen MR) is 74.5 cm³/mol. The van der Waals surface area contributed by atoms with Crippen LogP contribution in [0.5, 0.6) is 5.75 Å². The Morgan fingerprint density at radius 1 is 1.00 bits per heavy atom. The third-order valence-corrected chi connectivity index (χ3v) is 2.91. The number of hydrogen-bond donors (Lipinski definition) is 2. The van der Waals surface area contributed by atoms with Crippen molar-refractivity contribution in [2.24, 2.45) is 0 Å². The molecule has 0 aliphatic rings. The Morgan fingerprint density at radius 3 is 2.30 bits per heavy atom. The number of aliphatic hydroxyl groups excluding tert-OH is 1. The summed E-state index contributed by atoms with van der Waals surface area (Å²) in [5.74, 6) is -0.297. The summed E-state index contributed by atoms with van der Waals surface area (Å²) in [6.45, 7) is 0.380. The Labute approximate surface area is 117 Å². The Bertz CT molecular complexity index is 575. The lowest BCUT2D eigenvalue weighted by atomic mass is 10.1. The fourth-order valence-electron chi connectivity index (χ4n) is 1.86. The molecule has 0 spiro atoms. The number of rotatable bonds is 6. The van der Waals surface area contributed by atoms with Crippen molar-refractivity contribution in [3.8, 4) is 5.75 Å². The fraction of sp³-hybridized carbons (Fsp3) is 0.188. The van der Waals surface area contributed by atoms with Gasteiger partial charge >= 0.3 is 5.97 Å². The van der Waals surface area contributed by atoms with Gasteiger partial charge in [-0.05, 0) is 17.2 Å². The van der Waals surface area contributed by atoms with Gasteiger partial charge in [-0.1, -0.05) is 42.5 Å². The number of benzene rings is 2. The number of aliphatic carboxylic acids is 1. The summed E-state index contributed by atoms with van der Waals surface area (Å²) in [5, 5.41) is 17.8. The second kappa shape index (κ2) is 6.73. The summed E-state index contributed by atoms with van der Waals surface area (Å²) in [6, 6.07) is 14.6. The van der Waals surface area contributed by atoms with Crippen LogP contribution in [0.3, 0.4) is 0 Å². The second-order valence-corrected chi connectivity index (χ2v) is 4.44. The first-order chi connectivity index (χ1) is 9.69. The van der Waals surface area contributed by atoms with Crippen molar-refractivity contribution in [3.63, 3.8) is 0 Å². The van der Waals surface area contributed by atoms with Crippen LogP contribution in [0.1, 0.15) is 16.7 Å². The van der Waals surface area contributed by atoms with E-state index in [1.54, 1.807) is 18.2 Å². The maximum absolute atomic E-state index is 10.8. The molecule has 104 valence electrons. The lowest BCUT2D eigenvalue weighted by molar-refractivity contribution is -0.136. The third-order valence-electron chi connectivity index (χ3n) is 2.91. The quantitative estimate of drug-likeness (QED) is 0.847. The lowest BCUT2D eigenvalue weighted by Gasteiger charge is -2.10. The molecular formula is C16H16O4. The van der Waals surface area contributed by atoms with Crippen molar-refractivity contribution in [3.05, 3.63) is 65.2 Å². The third kappa shape index (κ3) is 3.83. The molecule has 0 aromatic heterocycles. The van der Waals surface area contributed by atoms with Gasteiger partial charge in [-0.2, -0.15) is 0 Å². The monoisotopic (exact) mass is 272 g/mol. The van der Waals surface area contributed by atoms with Crippen LogP contribution in [0.4, 0.5) is 0 Å². The molecule has 0 saturated carbocycles. The van der Waals surface area contributed by atoms with Crippen molar-refractivity contribution in [2.75, 3.05) is 0 Å².